The van der Waals surface area contributed by atoms with Gasteiger partial charge in [0, 0.05) is 30.2 Å². The van der Waals surface area contributed by atoms with Crippen LogP contribution in [-0.4, -0.2) is 23.5 Å². The Morgan fingerprint density at radius 2 is 2.00 bits per heavy atom. The van der Waals surface area contributed by atoms with Crippen LogP contribution in [0.2, 0.25) is 0 Å². The second-order valence-corrected chi connectivity index (χ2v) is 5.35. The van der Waals surface area contributed by atoms with Crippen molar-refractivity contribution in [3.8, 4) is 0 Å². The van der Waals surface area contributed by atoms with E-state index in [4.69, 9.17) is 10.5 Å². The Labute approximate surface area is 143 Å². The maximum Gasteiger partial charge on any atom is 0.209 e. The molecular weight excluding hydrogens is 323 g/mol. The maximum atomic E-state index is 6.33. The summed E-state index contributed by atoms with van der Waals surface area (Å²) >= 11 is 0. The number of ether oxygens (including phenoxy) is 1. The summed E-state index contributed by atoms with van der Waals surface area (Å²) in [7, 11) is 0. The summed E-state index contributed by atoms with van der Waals surface area (Å²) in [6, 6.07) is 4.22. The molecule has 1 atom stereocenters. The van der Waals surface area contributed by atoms with Gasteiger partial charge in [0.05, 0.1) is 12.4 Å². The number of rotatable bonds is 3. The number of nitrogens with zero attached hydrogens (tertiary/aromatic N) is 2. The van der Waals surface area contributed by atoms with Gasteiger partial charge < -0.3 is 15.8 Å². The fraction of sp³-hybridized carbons (Fsp3) is 0.467. The summed E-state index contributed by atoms with van der Waals surface area (Å²) in [5.74, 6) is 0. The van der Waals surface area contributed by atoms with E-state index in [0.29, 0.717) is 6.04 Å². The van der Waals surface area contributed by atoms with E-state index in [1.54, 1.807) is 12.5 Å². The lowest BCUT2D eigenvalue weighted by atomic mass is 9.93. The highest BCUT2D eigenvalue weighted by molar-refractivity contribution is 5.85. The van der Waals surface area contributed by atoms with Gasteiger partial charge in [0.25, 0.3) is 0 Å². The van der Waals surface area contributed by atoms with E-state index >= 15 is 0 Å². The topological polar surface area (TPSA) is 72.5 Å². The average Bonchev–Trinajstić information content (AvgIpc) is 2.52. The van der Waals surface area contributed by atoms with E-state index in [0.717, 1.165) is 31.2 Å². The zero-order valence-electron chi connectivity index (χ0n) is 12.2. The van der Waals surface area contributed by atoms with E-state index in [9.17, 15) is 0 Å². The van der Waals surface area contributed by atoms with Gasteiger partial charge in [-0.05, 0) is 37.8 Å². The highest BCUT2D eigenvalue weighted by Crippen LogP contribution is 2.34. The van der Waals surface area contributed by atoms with E-state index in [2.05, 4.69) is 15.3 Å². The molecule has 0 saturated heterocycles. The summed E-state index contributed by atoms with van der Waals surface area (Å²) in [6.07, 6.45) is 13.2. The second kappa shape index (κ2) is 8.48. The van der Waals surface area contributed by atoms with E-state index < -0.39 is 5.72 Å². The first kappa shape index (κ1) is 18.9. The third-order valence-electron chi connectivity index (χ3n) is 3.88. The molecule has 5 nitrogen and oxygen atoms in total. The molecule has 2 heterocycles. The van der Waals surface area contributed by atoms with Crippen LogP contribution in [0.5, 0.6) is 0 Å². The number of halogens is 2. The molecule has 122 valence electrons. The molecule has 3 N–H and O–H groups in total. The third kappa shape index (κ3) is 4.20. The molecule has 1 aliphatic heterocycles. The smallest absolute Gasteiger partial charge is 0.209 e. The summed E-state index contributed by atoms with van der Waals surface area (Å²) in [5.41, 5.74) is 6.14. The van der Waals surface area contributed by atoms with Crippen molar-refractivity contribution >= 4 is 31.2 Å². The Hall–Kier alpha value is -1.14. The molecule has 0 bridgehead atoms. The van der Waals surface area contributed by atoms with Crippen molar-refractivity contribution < 1.29 is 4.74 Å². The van der Waals surface area contributed by atoms with Crippen LogP contribution in [0.15, 0.2) is 41.8 Å². The standard InChI is InChI=1S/C15H20N4O.2ClH/c16-13-3-5-14(6-4-13)20-15(7-9-18-11-19-15)12-2-1-8-17-10-12;;/h1-2,7-11,13-14H,3-6,16H2,(H,18,19);2*1H/t13-,14-,15?;;. The summed E-state index contributed by atoms with van der Waals surface area (Å²) in [6.45, 7) is 0. The minimum absolute atomic E-state index is 0. The van der Waals surface area contributed by atoms with Crippen molar-refractivity contribution in [2.75, 3.05) is 0 Å². The fourth-order valence-electron chi connectivity index (χ4n) is 2.72. The fourth-order valence-corrected chi connectivity index (χ4v) is 2.72. The van der Waals surface area contributed by atoms with Crippen molar-refractivity contribution in [1.82, 2.24) is 10.3 Å². The average molecular weight is 345 g/mol. The molecule has 7 heteroatoms. The molecule has 22 heavy (non-hydrogen) atoms. The molecule has 1 unspecified atom stereocenters. The summed E-state index contributed by atoms with van der Waals surface area (Å²) < 4.78 is 6.33. The minimum atomic E-state index is -0.758. The van der Waals surface area contributed by atoms with Crippen LogP contribution in [0.25, 0.3) is 0 Å². The SMILES string of the molecule is Cl.Cl.N[C@H]1CC[C@H](OC2(c3cccnc3)C=CNC=N2)CC1. The molecule has 0 aromatic carbocycles. The zero-order chi connectivity index (χ0) is 13.8. The molecule has 3 rings (SSSR count). The maximum absolute atomic E-state index is 6.33. The molecule has 1 aliphatic carbocycles. The number of pyridine rings is 1. The van der Waals surface area contributed by atoms with Gasteiger partial charge >= 0.3 is 0 Å². The largest absolute Gasteiger partial charge is 0.353 e. The number of aliphatic imine (C=N–C) groups is 1. The van der Waals surface area contributed by atoms with Gasteiger partial charge in [-0.1, -0.05) is 6.07 Å². The first-order chi connectivity index (χ1) is 9.78. The Bertz CT molecular complexity index is 490. The van der Waals surface area contributed by atoms with E-state index in [-0.39, 0.29) is 30.9 Å². The molecule has 1 fully saturated rings. The lowest BCUT2D eigenvalue weighted by molar-refractivity contribution is -0.0788. The molecule has 1 aromatic heterocycles. The van der Waals surface area contributed by atoms with Crippen molar-refractivity contribution in [2.24, 2.45) is 10.7 Å². The van der Waals surface area contributed by atoms with E-state index in [1.807, 2.05) is 30.6 Å². The number of aromatic nitrogens is 1. The van der Waals surface area contributed by atoms with Crippen molar-refractivity contribution in [1.29, 1.82) is 0 Å². The van der Waals surface area contributed by atoms with Crippen LogP contribution < -0.4 is 11.1 Å². The van der Waals surface area contributed by atoms with Crippen LogP contribution in [-0.2, 0) is 10.5 Å². The Morgan fingerprint density at radius 3 is 2.59 bits per heavy atom. The second-order valence-electron chi connectivity index (χ2n) is 5.35. The molecule has 2 aliphatic rings. The van der Waals surface area contributed by atoms with Gasteiger partial charge in [-0.25, -0.2) is 4.99 Å². The van der Waals surface area contributed by atoms with Crippen molar-refractivity contribution in [3.63, 3.8) is 0 Å². The van der Waals surface area contributed by atoms with Crippen LogP contribution in [0, 0.1) is 0 Å². The van der Waals surface area contributed by atoms with Crippen molar-refractivity contribution in [2.45, 2.75) is 43.6 Å². The normalized spacial score (nSPS) is 29.9. The molecule has 1 saturated carbocycles. The molecule has 1 aromatic rings. The van der Waals surface area contributed by atoms with E-state index in [1.165, 1.54) is 0 Å². The lowest BCUT2D eigenvalue weighted by Crippen LogP contribution is -2.38. The first-order valence-electron chi connectivity index (χ1n) is 7.10. The van der Waals surface area contributed by atoms with Crippen LogP contribution in [0.4, 0.5) is 0 Å². The molecule has 0 amide bonds. The predicted octanol–water partition coefficient (Wildman–Crippen LogP) is 2.51. The summed E-state index contributed by atoms with van der Waals surface area (Å²) in [4.78, 5) is 8.71. The van der Waals surface area contributed by atoms with Crippen molar-refractivity contribution in [3.05, 3.63) is 42.4 Å². The predicted molar refractivity (Wildman–Crippen MR) is 92.5 cm³/mol. The van der Waals surface area contributed by atoms with Gasteiger partial charge in [0.1, 0.15) is 0 Å². The quantitative estimate of drug-likeness (QED) is 0.883. The minimum Gasteiger partial charge on any atom is -0.353 e. The number of hydrogen-bond acceptors (Lipinski definition) is 5. The van der Waals surface area contributed by atoms with Gasteiger partial charge in [0.2, 0.25) is 5.72 Å². The zero-order valence-corrected chi connectivity index (χ0v) is 13.9. The molecule has 0 radical (unpaired) electrons. The summed E-state index contributed by atoms with van der Waals surface area (Å²) in [5, 5.41) is 2.96. The third-order valence-corrected chi connectivity index (χ3v) is 3.88. The van der Waals surface area contributed by atoms with Gasteiger partial charge in [0.15, 0.2) is 0 Å². The number of nitrogens with one attached hydrogen (secondary N) is 1. The highest BCUT2D eigenvalue weighted by Gasteiger charge is 2.35. The number of nitrogens with two attached hydrogens (primary N) is 1. The number of hydrogen-bond donors (Lipinski definition) is 2. The Kier molecular flexibility index (Phi) is 7.29. The van der Waals surface area contributed by atoms with Crippen LogP contribution in [0.1, 0.15) is 31.2 Å². The van der Waals surface area contributed by atoms with Crippen LogP contribution >= 0.6 is 24.8 Å². The first-order valence-corrected chi connectivity index (χ1v) is 7.10. The van der Waals surface area contributed by atoms with Crippen LogP contribution in [0.3, 0.4) is 0 Å². The molecular formula is C15H22Cl2N4O. The Balaban J connectivity index is 0.00000121. The van der Waals surface area contributed by atoms with Gasteiger partial charge in [-0.3, -0.25) is 4.98 Å². The molecule has 0 spiro atoms. The van der Waals surface area contributed by atoms with Gasteiger partial charge in [-0.2, -0.15) is 0 Å². The monoisotopic (exact) mass is 344 g/mol. The highest BCUT2D eigenvalue weighted by atomic mass is 35.5. The van der Waals surface area contributed by atoms with Gasteiger partial charge in [-0.15, -0.1) is 24.8 Å². The lowest BCUT2D eigenvalue weighted by Gasteiger charge is -2.35. The Morgan fingerprint density at radius 1 is 1.23 bits per heavy atom.